The van der Waals surface area contributed by atoms with Crippen molar-refractivity contribution >= 4 is 29.5 Å². The second-order valence-electron chi connectivity index (χ2n) is 5.89. The minimum atomic E-state index is 0.231. The van der Waals surface area contributed by atoms with Crippen LogP contribution in [-0.2, 0) is 6.67 Å². The Bertz CT molecular complexity index is 1020. The number of aryl methyl sites for hydroxylation is 1. The molecule has 3 aromatic rings. The molecular formula is C19H20ClN3O4S. The van der Waals surface area contributed by atoms with Gasteiger partial charge >= 0.3 is 0 Å². The Labute approximate surface area is 172 Å². The Morgan fingerprint density at radius 1 is 1.11 bits per heavy atom. The van der Waals surface area contributed by atoms with Crippen molar-refractivity contribution in [3.05, 3.63) is 45.8 Å². The zero-order valence-electron chi connectivity index (χ0n) is 15.9. The summed E-state index contributed by atoms with van der Waals surface area (Å²) in [5, 5.41) is 8.34. The molecule has 28 heavy (non-hydrogen) atoms. The predicted octanol–water partition coefficient (Wildman–Crippen LogP) is 4.93. The van der Waals surface area contributed by atoms with Gasteiger partial charge in [0.2, 0.25) is 11.6 Å². The lowest BCUT2D eigenvalue weighted by Gasteiger charge is -2.12. The van der Waals surface area contributed by atoms with Crippen LogP contribution in [-0.4, -0.2) is 31.1 Å². The molecule has 0 saturated heterocycles. The molecule has 0 bridgehead atoms. The van der Waals surface area contributed by atoms with Gasteiger partial charge < -0.3 is 23.9 Å². The second-order valence-corrected chi connectivity index (χ2v) is 6.64. The van der Waals surface area contributed by atoms with Crippen molar-refractivity contribution in [3.63, 3.8) is 0 Å². The first-order valence-corrected chi connectivity index (χ1v) is 9.13. The Morgan fingerprint density at radius 3 is 2.36 bits per heavy atom. The minimum absolute atomic E-state index is 0.231. The summed E-state index contributed by atoms with van der Waals surface area (Å²) in [6, 6.07) is 9.22. The second kappa shape index (κ2) is 8.53. The summed E-state index contributed by atoms with van der Waals surface area (Å²) in [6.07, 6.45) is 0. The summed E-state index contributed by atoms with van der Waals surface area (Å²) in [5.74, 6) is 1.83. The van der Waals surface area contributed by atoms with Gasteiger partial charge in [-0.2, -0.15) is 0 Å². The van der Waals surface area contributed by atoms with Gasteiger partial charge in [-0.25, -0.2) is 4.68 Å². The third kappa shape index (κ3) is 4.07. The Hall–Kier alpha value is -2.71. The number of halogens is 1. The molecule has 0 aliphatic carbocycles. The monoisotopic (exact) mass is 421 g/mol. The molecule has 0 aliphatic rings. The fourth-order valence-corrected chi connectivity index (χ4v) is 2.96. The Kier molecular flexibility index (Phi) is 6.11. The van der Waals surface area contributed by atoms with Crippen LogP contribution in [0, 0.1) is 11.8 Å². The summed E-state index contributed by atoms with van der Waals surface area (Å²) < 4.78 is 23.3. The molecule has 0 spiro atoms. The van der Waals surface area contributed by atoms with Crippen molar-refractivity contribution in [2.24, 2.45) is 0 Å². The number of methoxy groups -OCH3 is 3. The zero-order chi connectivity index (χ0) is 20.3. The van der Waals surface area contributed by atoms with E-state index in [1.165, 1.54) is 0 Å². The maximum absolute atomic E-state index is 6.16. The molecule has 1 N–H and O–H groups in total. The van der Waals surface area contributed by atoms with Gasteiger partial charge in [0.15, 0.2) is 11.5 Å². The molecule has 0 unspecified atom stereocenters. The molecule has 1 aromatic heterocycles. The SMILES string of the molecule is COc1cc(-c2nn(CNc3ccc(C)c(Cl)c3)c(=S)o2)cc(OC)c1OC. The smallest absolute Gasteiger partial charge is 0.289 e. The maximum atomic E-state index is 6.16. The van der Waals surface area contributed by atoms with Crippen LogP contribution in [0.3, 0.4) is 0 Å². The van der Waals surface area contributed by atoms with E-state index >= 15 is 0 Å². The molecule has 1 heterocycles. The van der Waals surface area contributed by atoms with Crippen molar-refractivity contribution in [2.45, 2.75) is 13.6 Å². The number of hydrogen-bond acceptors (Lipinski definition) is 7. The molecule has 7 nitrogen and oxygen atoms in total. The lowest BCUT2D eigenvalue weighted by Crippen LogP contribution is -2.09. The highest BCUT2D eigenvalue weighted by Crippen LogP contribution is 2.40. The van der Waals surface area contributed by atoms with Crippen LogP contribution >= 0.6 is 23.8 Å². The van der Waals surface area contributed by atoms with Crippen LogP contribution in [0.4, 0.5) is 5.69 Å². The number of aromatic nitrogens is 2. The van der Waals surface area contributed by atoms with E-state index in [2.05, 4.69) is 10.4 Å². The van der Waals surface area contributed by atoms with E-state index in [9.17, 15) is 0 Å². The fraction of sp³-hybridized carbons (Fsp3) is 0.263. The van der Waals surface area contributed by atoms with Gasteiger partial charge in [-0.1, -0.05) is 17.7 Å². The lowest BCUT2D eigenvalue weighted by atomic mass is 10.2. The van der Waals surface area contributed by atoms with Gasteiger partial charge in [-0.3, -0.25) is 0 Å². The standard InChI is InChI=1S/C19H20ClN3O4S/c1-11-5-6-13(9-14(11)20)21-10-23-19(28)27-18(22-23)12-7-15(24-2)17(26-4)16(8-12)25-3/h5-9,21H,10H2,1-4H3. The number of hydrogen-bond donors (Lipinski definition) is 1. The van der Waals surface area contributed by atoms with Crippen LogP contribution in [0.2, 0.25) is 5.02 Å². The summed E-state index contributed by atoms with van der Waals surface area (Å²) in [5.41, 5.74) is 2.52. The van der Waals surface area contributed by atoms with Crippen LogP contribution in [0.15, 0.2) is 34.7 Å². The number of nitrogens with zero attached hydrogens (tertiary/aromatic N) is 2. The number of rotatable bonds is 7. The summed E-state index contributed by atoms with van der Waals surface area (Å²) in [6.45, 7) is 2.27. The molecule has 148 valence electrons. The van der Waals surface area contributed by atoms with Crippen molar-refractivity contribution in [1.29, 1.82) is 0 Å². The van der Waals surface area contributed by atoms with Gasteiger partial charge in [0.05, 0.1) is 21.3 Å². The Balaban J connectivity index is 1.87. The van der Waals surface area contributed by atoms with Crippen LogP contribution < -0.4 is 19.5 Å². The largest absolute Gasteiger partial charge is 0.493 e. The quantitative estimate of drug-likeness (QED) is 0.542. The molecule has 0 radical (unpaired) electrons. The van der Waals surface area contributed by atoms with Gasteiger partial charge in [0.25, 0.3) is 4.84 Å². The Morgan fingerprint density at radius 2 is 1.79 bits per heavy atom. The van der Waals surface area contributed by atoms with E-state index in [4.69, 9.17) is 42.4 Å². The number of ether oxygens (including phenoxy) is 3. The van der Waals surface area contributed by atoms with E-state index in [0.717, 1.165) is 11.3 Å². The minimum Gasteiger partial charge on any atom is -0.493 e. The third-order valence-electron chi connectivity index (χ3n) is 4.12. The molecule has 0 atom stereocenters. The van der Waals surface area contributed by atoms with Crippen LogP contribution in [0.25, 0.3) is 11.5 Å². The highest BCUT2D eigenvalue weighted by atomic mass is 35.5. The average Bonchev–Trinajstić information content (AvgIpc) is 3.08. The van der Waals surface area contributed by atoms with E-state index in [1.54, 1.807) is 38.1 Å². The first-order valence-electron chi connectivity index (χ1n) is 8.35. The molecule has 3 rings (SSSR count). The van der Waals surface area contributed by atoms with Gasteiger partial charge in [-0.15, -0.1) is 5.10 Å². The van der Waals surface area contributed by atoms with E-state index < -0.39 is 0 Å². The van der Waals surface area contributed by atoms with Gasteiger partial charge in [-0.05, 0) is 49.0 Å². The highest BCUT2D eigenvalue weighted by Gasteiger charge is 2.17. The predicted molar refractivity (Wildman–Crippen MR) is 110 cm³/mol. The van der Waals surface area contributed by atoms with Crippen LogP contribution in [0.1, 0.15) is 5.56 Å². The maximum Gasteiger partial charge on any atom is 0.289 e. The molecule has 0 fully saturated rings. The first-order chi connectivity index (χ1) is 13.5. The van der Waals surface area contributed by atoms with Gasteiger partial charge in [0, 0.05) is 16.3 Å². The van der Waals surface area contributed by atoms with Crippen molar-refractivity contribution in [3.8, 4) is 28.7 Å². The lowest BCUT2D eigenvalue weighted by molar-refractivity contribution is 0.324. The molecular weight excluding hydrogens is 402 g/mol. The average molecular weight is 422 g/mol. The molecule has 2 aromatic carbocycles. The fourth-order valence-electron chi connectivity index (χ4n) is 2.60. The number of benzene rings is 2. The van der Waals surface area contributed by atoms with Crippen LogP contribution in [0.5, 0.6) is 17.2 Å². The number of anilines is 1. The first kappa shape index (κ1) is 20.0. The molecule has 0 saturated carbocycles. The molecule has 0 amide bonds. The van der Waals surface area contributed by atoms with Crippen molar-refractivity contribution in [1.82, 2.24) is 9.78 Å². The van der Waals surface area contributed by atoms with Gasteiger partial charge in [0.1, 0.15) is 6.67 Å². The van der Waals surface area contributed by atoms with E-state index in [1.807, 2.05) is 25.1 Å². The zero-order valence-corrected chi connectivity index (χ0v) is 17.5. The normalized spacial score (nSPS) is 10.6. The third-order valence-corrected chi connectivity index (χ3v) is 4.82. The summed E-state index contributed by atoms with van der Waals surface area (Å²) in [4.78, 5) is 0.231. The topological polar surface area (TPSA) is 70.7 Å². The van der Waals surface area contributed by atoms with Crippen molar-refractivity contribution in [2.75, 3.05) is 26.6 Å². The molecule has 0 aliphatic heterocycles. The molecule has 9 heteroatoms. The highest BCUT2D eigenvalue weighted by molar-refractivity contribution is 7.71. The summed E-state index contributed by atoms with van der Waals surface area (Å²) in [7, 11) is 4.64. The summed E-state index contributed by atoms with van der Waals surface area (Å²) >= 11 is 11.4. The van der Waals surface area contributed by atoms with Crippen molar-refractivity contribution < 1.29 is 18.6 Å². The number of nitrogens with one attached hydrogen (secondary N) is 1. The van der Waals surface area contributed by atoms with E-state index in [-0.39, 0.29) is 4.84 Å². The van der Waals surface area contributed by atoms with E-state index in [0.29, 0.717) is 40.4 Å².